The molecule has 90 valence electrons. The standard InChI is InChI=1S/C14H18N2O/c1-4-12-5-7-13(8-6-12)15-9-14-16-10(2)11(3)17-14/h5-8,15H,4,9H2,1-3H3. The van der Waals surface area contributed by atoms with Gasteiger partial charge in [-0.2, -0.15) is 0 Å². The van der Waals surface area contributed by atoms with Crippen molar-refractivity contribution in [3.8, 4) is 0 Å². The zero-order valence-corrected chi connectivity index (χ0v) is 10.6. The second-order valence-corrected chi connectivity index (χ2v) is 4.15. The molecule has 1 aromatic carbocycles. The maximum Gasteiger partial charge on any atom is 0.213 e. The molecule has 0 aliphatic rings. The van der Waals surface area contributed by atoms with E-state index in [1.54, 1.807) is 0 Å². The van der Waals surface area contributed by atoms with Crippen molar-refractivity contribution in [2.75, 3.05) is 5.32 Å². The maximum atomic E-state index is 5.51. The van der Waals surface area contributed by atoms with Gasteiger partial charge in [-0.3, -0.25) is 0 Å². The summed E-state index contributed by atoms with van der Waals surface area (Å²) in [4.78, 5) is 4.33. The SMILES string of the molecule is CCc1ccc(NCc2nc(C)c(C)o2)cc1. The van der Waals surface area contributed by atoms with Crippen molar-refractivity contribution in [2.24, 2.45) is 0 Å². The third kappa shape index (κ3) is 2.87. The monoisotopic (exact) mass is 230 g/mol. The summed E-state index contributed by atoms with van der Waals surface area (Å²) in [5.41, 5.74) is 3.40. The van der Waals surface area contributed by atoms with Crippen molar-refractivity contribution in [3.63, 3.8) is 0 Å². The number of nitrogens with one attached hydrogen (secondary N) is 1. The summed E-state index contributed by atoms with van der Waals surface area (Å²) in [5.74, 6) is 1.63. The van der Waals surface area contributed by atoms with Crippen molar-refractivity contribution in [1.82, 2.24) is 4.98 Å². The van der Waals surface area contributed by atoms with Crippen molar-refractivity contribution in [3.05, 3.63) is 47.2 Å². The molecule has 1 N–H and O–H groups in total. The molecule has 0 aliphatic heterocycles. The van der Waals surface area contributed by atoms with E-state index in [0.717, 1.165) is 29.5 Å². The summed E-state index contributed by atoms with van der Waals surface area (Å²) < 4.78 is 5.51. The average Bonchev–Trinajstić information content (AvgIpc) is 2.67. The zero-order valence-electron chi connectivity index (χ0n) is 10.6. The molecule has 3 nitrogen and oxygen atoms in total. The van der Waals surface area contributed by atoms with Gasteiger partial charge in [-0.15, -0.1) is 0 Å². The number of anilines is 1. The Morgan fingerprint density at radius 3 is 2.41 bits per heavy atom. The van der Waals surface area contributed by atoms with Crippen molar-refractivity contribution < 1.29 is 4.42 Å². The van der Waals surface area contributed by atoms with Gasteiger partial charge in [0.25, 0.3) is 0 Å². The Bertz CT molecular complexity index is 466. The molecular formula is C14H18N2O. The molecule has 2 aromatic rings. The molecule has 0 saturated heterocycles. The number of nitrogens with zero attached hydrogens (tertiary/aromatic N) is 1. The molecule has 1 heterocycles. The molecule has 17 heavy (non-hydrogen) atoms. The van der Waals surface area contributed by atoms with E-state index in [-0.39, 0.29) is 0 Å². The Morgan fingerprint density at radius 2 is 1.88 bits per heavy atom. The van der Waals surface area contributed by atoms with E-state index in [0.29, 0.717) is 6.54 Å². The first kappa shape index (κ1) is 11.7. The van der Waals surface area contributed by atoms with Crippen LogP contribution in [0.5, 0.6) is 0 Å². The summed E-state index contributed by atoms with van der Waals surface area (Å²) in [6.07, 6.45) is 1.07. The highest BCUT2D eigenvalue weighted by Crippen LogP contribution is 2.13. The molecule has 0 saturated carbocycles. The van der Waals surface area contributed by atoms with E-state index in [9.17, 15) is 0 Å². The molecule has 3 heteroatoms. The highest BCUT2D eigenvalue weighted by atomic mass is 16.4. The molecule has 0 unspecified atom stereocenters. The van der Waals surface area contributed by atoms with Crippen LogP contribution in [0.25, 0.3) is 0 Å². The van der Waals surface area contributed by atoms with Crippen molar-refractivity contribution in [2.45, 2.75) is 33.7 Å². The molecule has 0 amide bonds. The predicted molar refractivity (Wildman–Crippen MR) is 69.1 cm³/mol. The molecule has 2 rings (SSSR count). The Hall–Kier alpha value is -1.77. The van der Waals surface area contributed by atoms with Gasteiger partial charge in [0.05, 0.1) is 12.2 Å². The van der Waals surface area contributed by atoms with Gasteiger partial charge in [0, 0.05) is 5.69 Å². The van der Waals surface area contributed by atoms with Crippen LogP contribution in [0.4, 0.5) is 5.69 Å². The summed E-state index contributed by atoms with van der Waals surface area (Å²) in [5, 5.41) is 3.30. The van der Waals surface area contributed by atoms with Crippen LogP contribution in [0.2, 0.25) is 0 Å². The van der Waals surface area contributed by atoms with Crippen LogP contribution in [0.15, 0.2) is 28.7 Å². The highest BCUT2D eigenvalue weighted by molar-refractivity contribution is 5.44. The molecule has 0 spiro atoms. The molecule has 0 atom stereocenters. The third-order valence-corrected chi connectivity index (χ3v) is 2.88. The van der Waals surface area contributed by atoms with Crippen LogP contribution >= 0.6 is 0 Å². The van der Waals surface area contributed by atoms with Gasteiger partial charge in [0.15, 0.2) is 0 Å². The second-order valence-electron chi connectivity index (χ2n) is 4.15. The molecule has 1 aromatic heterocycles. The fraction of sp³-hybridized carbons (Fsp3) is 0.357. The normalized spacial score (nSPS) is 10.5. The fourth-order valence-corrected chi connectivity index (χ4v) is 1.65. The minimum Gasteiger partial charge on any atom is -0.444 e. The van der Waals surface area contributed by atoms with Gasteiger partial charge in [-0.1, -0.05) is 19.1 Å². The van der Waals surface area contributed by atoms with Crippen LogP contribution < -0.4 is 5.32 Å². The first-order valence-corrected chi connectivity index (χ1v) is 5.94. The molecule has 0 radical (unpaired) electrons. The summed E-state index contributed by atoms with van der Waals surface area (Å²) >= 11 is 0. The second kappa shape index (κ2) is 5.04. The van der Waals surface area contributed by atoms with Gasteiger partial charge in [-0.25, -0.2) is 4.98 Å². The number of oxazole rings is 1. The quantitative estimate of drug-likeness (QED) is 0.874. The molecule has 0 bridgehead atoms. The van der Waals surface area contributed by atoms with Gasteiger partial charge in [0.2, 0.25) is 5.89 Å². The number of hydrogen-bond donors (Lipinski definition) is 1. The average molecular weight is 230 g/mol. The number of aryl methyl sites for hydroxylation is 3. The lowest BCUT2D eigenvalue weighted by Crippen LogP contribution is -1.99. The first-order valence-electron chi connectivity index (χ1n) is 5.94. The number of rotatable bonds is 4. The van der Waals surface area contributed by atoms with E-state index in [1.165, 1.54) is 5.56 Å². The first-order chi connectivity index (χ1) is 8.19. The number of aromatic nitrogens is 1. The topological polar surface area (TPSA) is 38.1 Å². The predicted octanol–water partition coefficient (Wildman–Crippen LogP) is 3.47. The molecule has 0 fully saturated rings. The minimum atomic E-state index is 0.625. The summed E-state index contributed by atoms with van der Waals surface area (Å²) in [6, 6.07) is 8.44. The van der Waals surface area contributed by atoms with Crippen LogP contribution in [0.1, 0.15) is 29.8 Å². The lowest BCUT2D eigenvalue weighted by Gasteiger charge is -2.04. The van der Waals surface area contributed by atoms with Crippen LogP contribution in [-0.4, -0.2) is 4.98 Å². The van der Waals surface area contributed by atoms with Gasteiger partial charge < -0.3 is 9.73 Å². The lowest BCUT2D eigenvalue weighted by atomic mass is 10.1. The fourth-order valence-electron chi connectivity index (χ4n) is 1.65. The van der Waals surface area contributed by atoms with Crippen molar-refractivity contribution >= 4 is 5.69 Å². The Morgan fingerprint density at radius 1 is 1.18 bits per heavy atom. The van der Waals surface area contributed by atoms with Gasteiger partial charge in [0.1, 0.15) is 5.76 Å². The van der Waals surface area contributed by atoms with Crippen molar-refractivity contribution in [1.29, 1.82) is 0 Å². The largest absolute Gasteiger partial charge is 0.444 e. The Balaban J connectivity index is 1.97. The van der Waals surface area contributed by atoms with Gasteiger partial charge in [-0.05, 0) is 38.0 Å². The Kier molecular flexibility index (Phi) is 3.47. The zero-order chi connectivity index (χ0) is 12.3. The lowest BCUT2D eigenvalue weighted by molar-refractivity contribution is 0.478. The van der Waals surface area contributed by atoms with E-state index < -0.39 is 0 Å². The van der Waals surface area contributed by atoms with Crippen LogP contribution in [0.3, 0.4) is 0 Å². The maximum absolute atomic E-state index is 5.51. The van der Waals surface area contributed by atoms with E-state index >= 15 is 0 Å². The summed E-state index contributed by atoms with van der Waals surface area (Å²) in [7, 11) is 0. The van der Waals surface area contributed by atoms with E-state index in [4.69, 9.17) is 4.42 Å². The molecule has 0 aliphatic carbocycles. The van der Waals surface area contributed by atoms with E-state index in [2.05, 4.69) is 41.5 Å². The highest BCUT2D eigenvalue weighted by Gasteiger charge is 2.04. The Labute approximate surface area is 102 Å². The number of hydrogen-bond acceptors (Lipinski definition) is 3. The van der Waals surface area contributed by atoms with Crippen LogP contribution in [-0.2, 0) is 13.0 Å². The third-order valence-electron chi connectivity index (χ3n) is 2.88. The van der Waals surface area contributed by atoms with Crippen LogP contribution in [0, 0.1) is 13.8 Å². The molecular weight excluding hydrogens is 212 g/mol. The smallest absolute Gasteiger partial charge is 0.213 e. The van der Waals surface area contributed by atoms with Gasteiger partial charge >= 0.3 is 0 Å². The summed E-state index contributed by atoms with van der Waals surface area (Å²) in [6.45, 7) is 6.67. The number of benzene rings is 1. The minimum absolute atomic E-state index is 0.625. The van der Waals surface area contributed by atoms with E-state index in [1.807, 2.05) is 13.8 Å².